The molecule has 1 aliphatic heterocycles. The molecule has 0 saturated carbocycles. The molecule has 0 aliphatic carbocycles. The zero-order chi connectivity index (χ0) is 15.9. The standard InChI is InChI=1S/C16H27N3O3/c1-3-4-10-22-12-14(20)19-8-5-6-13(11-19)15(21)16-17-7-9-18(16)2/h7,9,13,15,21H,3-6,8,10-12H2,1-2H3. The second kappa shape index (κ2) is 8.29. The number of nitrogens with zero attached hydrogens (tertiary/aromatic N) is 3. The molecule has 22 heavy (non-hydrogen) atoms. The second-order valence-electron chi connectivity index (χ2n) is 5.99. The highest BCUT2D eigenvalue weighted by Crippen LogP contribution is 2.28. The average molecular weight is 309 g/mol. The van der Waals surface area contributed by atoms with Crippen LogP contribution in [0.4, 0.5) is 0 Å². The summed E-state index contributed by atoms with van der Waals surface area (Å²) in [7, 11) is 1.87. The SMILES string of the molecule is CCCCOCC(=O)N1CCCC(C(O)c2nccn2C)C1. The number of ether oxygens (including phenoxy) is 1. The number of unbranched alkanes of at least 4 members (excludes halogenated alkanes) is 1. The van der Waals surface area contributed by atoms with E-state index in [9.17, 15) is 9.90 Å². The maximum Gasteiger partial charge on any atom is 0.248 e. The number of aliphatic hydroxyl groups is 1. The van der Waals surface area contributed by atoms with Crippen LogP contribution in [0.1, 0.15) is 44.5 Å². The number of aromatic nitrogens is 2. The lowest BCUT2D eigenvalue weighted by atomic mass is 9.92. The summed E-state index contributed by atoms with van der Waals surface area (Å²) < 4.78 is 7.24. The summed E-state index contributed by atoms with van der Waals surface area (Å²) in [5.74, 6) is 0.723. The summed E-state index contributed by atoms with van der Waals surface area (Å²) in [4.78, 5) is 18.2. The molecular weight excluding hydrogens is 282 g/mol. The van der Waals surface area contributed by atoms with Gasteiger partial charge < -0.3 is 19.3 Å². The van der Waals surface area contributed by atoms with Crippen molar-refractivity contribution in [3.63, 3.8) is 0 Å². The van der Waals surface area contributed by atoms with Gasteiger partial charge in [0.25, 0.3) is 0 Å². The number of carbonyl (C=O) groups excluding carboxylic acids is 1. The van der Waals surface area contributed by atoms with Gasteiger partial charge in [-0.2, -0.15) is 0 Å². The first kappa shape index (κ1) is 17.0. The third-order valence-corrected chi connectivity index (χ3v) is 4.25. The smallest absolute Gasteiger partial charge is 0.248 e. The van der Waals surface area contributed by atoms with E-state index in [-0.39, 0.29) is 18.4 Å². The van der Waals surface area contributed by atoms with Gasteiger partial charge in [-0.3, -0.25) is 4.79 Å². The second-order valence-corrected chi connectivity index (χ2v) is 5.99. The molecule has 6 nitrogen and oxygen atoms in total. The van der Waals surface area contributed by atoms with Crippen molar-refractivity contribution in [3.05, 3.63) is 18.2 Å². The van der Waals surface area contributed by atoms with Crippen LogP contribution >= 0.6 is 0 Å². The molecule has 2 atom stereocenters. The van der Waals surface area contributed by atoms with Gasteiger partial charge >= 0.3 is 0 Å². The molecule has 6 heteroatoms. The molecule has 2 unspecified atom stereocenters. The third kappa shape index (κ3) is 4.30. The first-order valence-corrected chi connectivity index (χ1v) is 8.14. The summed E-state index contributed by atoms with van der Waals surface area (Å²) in [5, 5.41) is 10.5. The number of rotatable bonds is 7. The van der Waals surface area contributed by atoms with E-state index >= 15 is 0 Å². The van der Waals surface area contributed by atoms with Crippen LogP contribution in [0.25, 0.3) is 0 Å². The van der Waals surface area contributed by atoms with E-state index in [1.165, 1.54) is 0 Å². The summed E-state index contributed by atoms with van der Waals surface area (Å²) >= 11 is 0. The average Bonchev–Trinajstić information content (AvgIpc) is 2.97. The Morgan fingerprint density at radius 2 is 2.41 bits per heavy atom. The lowest BCUT2D eigenvalue weighted by Gasteiger charge is -2.34. The van der Waals surface area contributed by atoms with Crippen molar-refractivity contribution in [2.75, 3.05) is 26.3 Å². The number of piperidine rings is 1. The van der Waals surface area contributed by atoms with Crippen LogP contribution < -0.4 is 0 Å². The topological polar surface area (TPSA) is 67.6 Å². The minimum atomic E-state index is -0.628. The van der Waals surface area contributed by atoms with Crippen LogP contribution in [0.15, 0.2) is 12.4 Å². The van der Waals surface area contributed by atoms with Gasteiger partial charge in [-0.25, -0.2) is 4.98 Å². The van der Waals surface area contributed by atoms with Crippen molar-refractivity contribution < 1.29 is 14.6 Å². The van der Waals surface area contributed by atoms with E-state index in [4.69, 9.17) is 4.74 Å². The van der Waals surface area contributed by atoms with Crippen molar-refractivity contribution in [1.29, 1.82) is 0 Å². The predicted molar refractivity (Wildman–Crippen MR) is 83.2 cm³/mol. The Hall–Kier alpha value is -1.40. The first-order chi connectivity index (χ1) is 10.6. The fraction of sp³-hybridized carbons (Fsp3) is 0.750. The molecule has 0 bridgehead atoms. The van der Waals surface area contributed by atoms with Gasteiger partial charge in [-0.1, -0.05) is 13.3 Å². The highest BCUT2D eigenvalue weighted by Gasteiger charge is 2.30. The number of aliphatic hydroxyl groups excluding tert-OH is 1. The van der Waals surface area contributed by atoms with Gasteiger partial charge in [-0.15, -0.1) is 0 Å². The van der Waals surface area contributed by atoms with Crippen LogP contribution in [-0.4, -0.2) is 51.8 Å². The number of amides is 1. The highest BCUT2D eigenvalue weighted by molar-refractivity contribution is 5.77. The lowest BCUT2D eigenvalue weighted by Crippen LogP contribution is -2.43. The number of imidazole rings is 1. The Morgan fingerprint density at radius 1 is 1.59 bits per heavy atom. The maximum atomic E-state index is 12.2. The largest absolute Gasteiger partial charge is 0.385 e. The number of carbonyl (C=O) groups is 1. The van der Waals surface area contributed by atoms with Crippen molar-refractivity contribution in [1.82, 2.24) is 14.5 Å². The molecule has 1 aromatic rings. The Labute approximate surface area is 132 Å². The van der Waals surface area contributed by atoms with Crippen molar-refractivity contribution in [3.8, 4) is 0 Å². The molecule has 2 rings (SSSR count). The molecule has 1 N–H and O–H groups in total. The maximum absolute atomic E-state index is 12.2. The Kier molecular flexibility index (Phi) is 6.39. The van der Waals surface area contributed by atoms with E-state index in [2.05, 4.69) is 11.9 Å². The zero-order valence-electron chi connectivity index (χ0n) is 13.6. The van der Waals surface area contributed by atoms with Crippen molar-refractivity contribution in [2.45, 2.75) is 38.7 Å². The zero-order valence-corrected chi connectivity index (χ0v) is 13.6. The normalized spacial score (nSPS) is 20.1. The Bertz CT molecular complexity index is 475. The molecule has 0 spiro atoms. The summed E-state index contributed by atoms with van der Waals surface area (Å²) in [6.45, 7) is 4.20. The van der Waals surface area contributed by atoms with Crippen molar-refractivity contribution >= 4 is 5.91 Å². The van der Waals surface area contributed by atoms with E-state index in [1.54, 1.807) is 6.20 Å². The van der Waals surface area contributed by atoms with Crippen LogP contribution in [0.5, 0.6) is 0 Å². The number of likely N-dealkylation sites (tertiary alicyclic amines) is 1. The third-order valence-electron chi connectivity index (χ3n) is 4.25. The molecule has 124 valence electrons. The first-order valence-electron chi connectivity index (χ1n) is 8.14. The fourth-order valence-corrected chi connectivity index (χ4v) is 2.86. The minimum Gasteiger partial charge on any atom is -0.385 e. The lowest BCUT2D eigenvalue weighted by molar-refractivity contribution is -0.139. The van der Waals surface area contributed by atoms with Crippen LogP contribution in [0.2, 0.25) is 0 Å². The van der Waals surface area contributed by atoms with E-state index in [0.29, 0.717) is 19.0 Å². The highest BCUT2D eigenvalue weighted by atomic mass is 16.5. The van der Waals surface area contributed by atoms with Gasteiger partial charge in [0.15, 0.2) is 0 Å². The van der Waals surface area contributed by atoms with Gasteiger partial charge in [0, 0.05) is 45.1 Å². The summed E-state index contributed by atoms with van der Waals surface area (Å²) in [5.41, 5.74) is 0. The van der Waals surface area contributed by atoms with Crippen LogP contribution in [0.3, 0.4) is 0 Å². The fourth-order valence-electron chi connectivity index (χ4n) is 2.86. The van der Waals surface area contributed by atoms with E-state index < -0.39 is 6.10 Å². The molecule has 0 radical (unpaired) electrons. The quantitative estimate of drug-likeness (QED) is 0.775. The molecule has 1 amide bonds. The van der Waals surface area contributed by atoms with Gasteiger partial charge in [-0.05, 0) is 19.3 Å². The van der Waals surface area contributed by atoms with Gasteiger partial charge in [0.05, 0.1) is 0 Å². The van der Waals surface area contributed by atoms with E-state index in [1.807, 2.05) is 22.7 Å². The molecule has 1 aliphatic rings. The monoisotopic (exact) mass is 309 g/mol. The van der Waals surface area contributed by atoms with Crippen LogP contribution in [0, 0.1) is 5.92 Å². The molecule has 2 heterocycles. The predicted octanol–water partition coefficient (Wildman–Crippen LogP) is 1.51. The van der Waals surface area contributed by atoms with Crippen LogP contribution in [-0.2, 0) is 16.6 Å². The minimum absolute atomic E-state index is 0.0212. The number of hydrogen-bond acceptors (Lipinski definition) is 4. The van der Waals surface area contributed by atoms with Gasteiger partial charge in [0.1, 0.15) is 18.5 Å². The van der Waals surface area contributed by atoms with E-state index in [0.717, 1.165) is 32.2 Å². The van der Waals surface area contributed by atoms with Crippen molar-refractivity contribution in [2.24, 2.45) is 13.0 Å². The molecular formula is C16H27N3O3. The molecule has 1 saturated heterocycles. The molecule has 1 fully saturated rings. The van der Waals surface area contributed by atoms with Gasteiger partial charge in [0.2, 0.25) is 5.91 Å². The number of aryl methyl sites for hydroxylation is 1. The molecule has 0 aromatic carbocycles. The Balaban J connectivity index is 1.86. The summed E-state index contributed by atoms with van der Waals surface area (Å²) in [6, 6.07) is 0. The summed E-state index contributed by atoms with van der Waals surface area (Å²) in [6.07, 6.45) is 6.75. The number of hydrogen-bond donors (Lipinski definition) is 1. The Morgan fingerprint density at radius 3 is 3.09 bits per heavy atom. The molecule has 1 aromatic heterocycles.